The Morgan fingerprint density at radius 3 is 2.35 bits per heavy atom. The van der Waals surface area contributed by atoms with Gasteiger partial charge in [0, 0.05) is 11.6 Å². The van der Waals surface area contributed by atoms with Gasteiger partial charge in [-0.15, -0.1) is 21.5 Å². The molecular formula is C31H39N5O8S2. The summed E-state index contributed by atoms with van der Waals surface area (Å²) in [7, 11) is 3.04. The number of hydrogen-bond donors (Lipinski definition) is 2. The van der Waals surface area contributed by atoms with Crippen molar-refractivity contribution in [3.8, 4) is 11.5 Å². The summed E-state index contributed by atoms with van der Waals surface area (Å²) in [6.45, 7) is 5.44. The topological polar surface area (TPSA) is 160 Å². The Hall–Kier alpha value is -4.11. The second-order valence-corrected chi connectivity index (χ2v) is 12.3. The molecule has 1 aromatic carbocycles. The van der Waals surface area contributed by atoms with E-state index in [0.717, 1.165) is 43.4 Å². The van der Waals surface area contributed by atoms with Crippen LogP contribution in [-0.2, 0) is 20.8 Å². The third-order valence-electron chi connectivity index (χ3n) is 7.40. The zero-order chi connectivity index (χ0) is 33.2. The van der Waals surface area contributed by atoms with Crippen LogP contribution in [0.15, 0.2) is 23.4 Å². The molecule has 3 aromatic rings. The molecule has 46 heavy (non-hydrogen) atoms. The number of thiophene rings is 1. The lowest BCUT2D eigenvalue weighted by atomic mass is 9.95. The van der Waals surface area contributed by atoms with E-state index in [2.05, 4.69) is 20.8 Å². The van der Waals surface area contributed by atoms with Gasteiger partial charge >= 0.3 is 11.9 Å². The van der Waals surface area contributed by atoms with Crippen LogP contribution >= 0.6 is 23.1 Å². The van der Waals surface area contributed by atoms with Gasteiger partial charge in [0.15, 0.2) is 22.5 Å². The molecule has 13 nitrogen and oxygen atoms in total. The van der Waals surface area contributed by atoms with E-state index in [4.69, 9.17) is 18.9 Å². The standard InChI is InChI=1S/C31H39N5O8S2/c1-6-43-29(39)25-18(3)26(30(40)44-7-2)46-28(25)33-24(37)17-45-31-35-34-23(36(31)20-11-9-8-10-12-20)16-32-27(38)19-13-14-21(41-4)22(15-19)42-5/h13-15,20H,6-12,16-17H2,1-5H3,(H,32,38)(H,33,37). The monoisotopic (exact) mass is 673 g/mol. The highest BCUT2D eigenvalue weighted by Crippen LogP contribution is 2.36. The van der Waals surface area contributed by atoms with Crippen molar-refractivity contribution in [3.63, 3.8) is 0 Å². The summed E-state index contributed by atoms with van der Waals surface area (Å²) < 4.78 is 22.9. The average molecular weight is 674 g/mol. The molecule has 0 spiro atoms. The number of ether oxygens (including phenoxy) is 4. The molecule has 0 bridgehead atoms. The predicted octanol–water partition coefficient (Wildman–Crippen LogP) is 5.18. The van der Waals surface area contributed by atoms with Crippen LogP contribution < -0.4 is 20.1 Å². The zero-order valence-electron chi connectivity index (χ0n) is 26.6. The van der Waals surface area contributed by atoms with Gasteiger partial charge in [-0.3, -0.25) is 9.59 Å². The number of esters is 2. The lowest BCUT2D eigenvalue weighted by Crippen LogP contribution is -2.26. The molecular weight excluding hydrogens is 635 g/mol. The fraction of sp³-hybridized carbons (Fsp3) is 0.484. The van der Waals surface area contributed by atoms with Crippen LogP contribution in [0.5, 0.6) is 11.5 Å². The quantitative estimate of drug-likeness (QED) is 0.171. The number of amides is 2. The number of carbonyl (C=O) groups is 4. The number of hydrogen-bond acceptors (Lipinski definition) is 12. The fourth-order valence-corrected chi connectivity index (χ4v) is 7.14. The zero-order valence-corrected chi connectivity index (χ0v) is 28.2. The SMILES string of the molecule is CCOC(=O)c1sc(NC(=O)CSc2nnc(CNC(=O)c3ccc(OC)c(OC)c3)n2C2CCCCC2)c(C(=O)OCC)c1C. The van der Waals surface area contributed by atoms with Crippen LogP contribution in [0.25, 0.3) is 0 Å². The third-order valence-corrected chi connectivity index (χ3v) is 9.53. The van der Waals surface area contributed by atoms with Crippen LogP contribution in [-0.4, -0.2) is 71.7 Å². The molecule has 0 aliphatic heterocycles. The van der Waals surface area contributed by atoms with Crippen molar-refractivity contribution in [1.29, 1.82) is 0 Å². The van der Waals surface area contributed by atoms with E-state index in [1.165, 1.54) is 26.0 Å². The highest BCUT2D eigenvalue weighted by molar-refractivity contribution is 7.99. The maximum absolute atomic E-state index is 13.2. The first kappa shape index (κ1) is 34.8. The normalized spacial score (nSPS) is 13.2. The Morgan fingerprint density at radius 1 is 0.978 bits per heavy atom. The highest BCUT2D eigenvalue weighted by atomic mass is 32.2. The molecule has 1 aliphatic rings. The number of rotatable bonds is 14. The molecule has 4 rings (SSSR count). The van der Waals surface area contributed by atoms with Crippen molar-refractivity contribution in [2.75, 3.05) is 38.5 Å². The molecule has 2 N–H and O–H groups in total. The molecule has 0 radical (unpaired) electrons. The van der Waals surface area contributed by atoms with E-state index in [0.29, 0.717) is 33.6 Å². The second kappa shape index (κ2) is 16.5. The molecule has 2 amide bonds. The van der Waals surface area contributed by atoms with E-state index in [9.17, 15) is 19.2 Å². The minimum Gasteiger partial charge on any atom is -0.493 e. The number of nitrogens with one attached hydrogen (secondary N) is 2. The van der Waals surface area contributed by atoms with Crippen LogP contribution in [0.2, 0.25) is 0 Å². The Morgan fingerprint density at radius 2 is 1.67 bits per heavy atom. The van der Waals surface area contributed by atoms with Crippen LogP contribution in [0.3, 0.4) is 0 Å². The summed E-state index contributed by atoms with van der Waals surface area (Å²) in [6, 6.07) is 5.06. The first-order valence-corrected chi connectivity index (χ1v) is 16.9. The van der Waals surface area contributed by atoms with Crippen molar-refractivity contribution < 1.29 is 38.1 Å². The summed E-state index contributed by atoms with van der Waals surface area (Å²) in [5.41, 5.74) is 0.928. The van der Waals surface area contributed by atoms with Gasteiger partial charge in [-0.2, -0.15) is 0 Å². The molecule has 0 unspecified atom stereocenters. The van der Waals surface area contributed by atoms with Crippen molar-refractivity contribution in [1.82, 2.24) is 20.1 Å². The van der Waals surface area contributed by atoms with Crippen molar-refractivity contribution in [2.24, 2.45) is 0 Å². The Bertz CT molecular complexity index is 1560. The molecule has 1 fully saturated rings. The molecule has 15 heteroatoms. The fourth-order valence-electron chi connectivity index (χ4n) is 5.21. The lowest BCUT2D eigenvalue weighted by molar-refractivity contribution is -0.113. The first-order valence-electron chi connectivity index (χ1n) is 15.1. The van der Waals surface area contributed by atoms with Crippen molar-refractivity contribution >= 4 is 51.9 Å². The number of methoxy groups -OCH3 is 2. The van der Waals surface area contributed by atoms with Gasteiger partial charge in [-0.25, -0.2) is 9.59 Å². The van der Waals surface area contributed by atoms with Gasteiger partial charge in [-0.1, -0.05) is 31.0 Å². The van der Waals surface area contributed by atoms with Crippen LogP contribution in [0, 0.1) is 6.92 Å². The van der Waals surface area contributed by atoms with Gasteiger partial charge in [0.1, 0.15) is 9.88 Å². The molecule has 248 valence electrons. The first-order chi connectivity index (χ1) is 22.2. The number of aromatic nitrogens is 3. The number of carbonyl (C=O) groups excluding carboxylic acids is 4. The summed E-state index contributed by atoms with van der Waals surface area (Å²) >= 11 is 2.18. The maximum atomic E-state index is 13.2. The average Bonchev–Trinajstić information content (AvgIpc) is 3.62. The van der Waals surface area contributed by atoms with Gasteiger partial charge in [0.2, 0.25) is 5.91 Å². The third kappa shape index (κ3) is 8.18. The molecule has 2 heterocycles. The molecule has 1 aliphatic carbocycles. The van der Waals surface area contributed by atoms with Gasteiger partial charge in [0.05, 0.1) is 45.3 Å². The summed E-state index contributed by atoms with van der Waals surface area (Å²) in [5.74, 6) is -0.386. The van der Waals surface area contributed by atoms with Gasteiger partial charge < -0.3 is 34.1 Å². The minimum atomic E-state index is -0.633. The number of benzene rings is 1. The summed E-state index contributed by atoms with van der Waals surface area (Å²) in [5, 5.41) is 15.2. The molecule has 0 saturated heterocycles. The smallest absolute Gasteiger partial charge is 0.348 e. The van der Waals surface area contributed by atoms with E-state index in [1.54, 1.807) is 39.0 Å². The predicted molar refractivity (Wildman–Crippen MR) is 173 cm³/mol. The van der Waals surface area contributed by atoms with Gasteiger partial charge in [0.25, 0.3) is 5.91 Å². The number of thioether (sulfide) groups is 1. The highest BCUT2D eigenvalue weighted by Gasteiger charge is 2.28. The Labute approximate surface area is 275 Å². The Balaban J connectivity index is 1.49. The molecule has 1 saturated carbocycles. The number of anilines is 1. The second-order valence-electron chi connectivity index (χ2n) is 10.4. The molecule has 0 atom stereocenters. The van der Waals surface area contributed by atoms with Crippen LogP contribution in [0.1, 0.15) is 93.8 Å². The van der Waals surface area contributed by atoms with Gasteiger partial charge in [-0.05, 0) is 57.4 Å². The van der Waals surface area contributed by atoms with E-state index in [1.807, 2.05) is 4.57 Å². The maximum Gasteiger partial charge on any atom is 0.348 e. The number of nitrogens with zero attached hydrogens (tertiary/aromatic N) is 3. The van der Waals surface area contributed by atoms with E-state index in [-0.39, 0.29) is 52.9 Å². The van der Waals surface area contributed by atoms with Crippen LogP contribution in [0.4, 0.5) is 5.00 Å². The molecule has 2 aromatic heterocycles. The van der Waals surface area contributed by atoms with Crippen molar-refractivity contribution in [2.45, 2.75) is 70.6 Å². The van der Waals surface area contributed by atoms with E-state index >= 15 is 0 Å². The largest absolute Gasteiger partial charge is 0.493 e. The summed E-state index contributed by atoms with van der Waals surface area (Å²) in [6.07, 6.45) is 5.13. The van der Waals surface area contributed by atoms with E-state index < -0.39 is 17.8 Å². The summed E-state index contributed by atoms with van der Waals surface area (Å²) in [4.78, 5) is 51.6. The lowest BCUT2D eigenvalue weighted by Gasteiger charge is -2.25. The Kier molecular flexibility index (Phi) is 12.4. The minimum absolute atomic E-state index is 0.0309. The van der Waals surface area contributed by atoms with Crippen molar-refractivity contribution in [3.05, 3.63) is 45.6 Å².